The molecule has 3 nitrogen and oxygen atoms in total. The minimum atomic E-state index is -0.848. The molecule has 0 aliphatic carbocycles. The standard InChI is InChI=1S/C8H15NO2/c1-2-3-4-5-7(9)6-8(10)11/h4-5,7H,2-3,6,9H2,1H3,(H,10,11)/b5-4+. The van der Waals surface area contributed by atoms with Crippen LogP contribution in [0, 0.1) is 0 Å². The van der Waals surface area contributed by atoms with Crippen molar-refractivity contribution < 1.29 is 9.90 Å². The normalized spacial score (nSPS) is 13.6. The van der Waals surface area contributed by atoms with Gasteiger partial charge in [-0.3, -0.25) is 4.79 Å². The van der Waals surface area contributed by atoms with E-state index in [1.165, 1.54) is 0 Å². The smallest absolute Gasteiger partial charge is 0.305 e. The largest absolute Gasteiger partial charge is 0.481 e. The number of hydrogen-bond donors (Lipinski definition) is 2. The Kier molecular flexibility index (Phi) is 5.47. The third-order valence-electron chi connectivity index (χ3n) is 1.25. The monoisotopic (exact) mass is 157 g/mol. The van der Waals surface area contributed by atoms with Crippen LogP contribution in [0.1, 0.15) is 26.2 Å². The number of unbranched alkanes of at least 4 members (excludes halogenated alkanes) is 1. The Morgan fingerprint density at radius 3 is 2.82 bits per heavy atom. The zero-order valence-electron chi connectivity index (χ0n) is 6.79. The maximum atomic E-state index is 10.1. The van der Waals surface area contributed by atoms with Crippen LogP contribution in [0.3, 0.4) is 0 Å². The molecule has 0 saturated carbocycles. The van der Waals surface area contributed by atoms with Crippen molar-refractivity contribution >= 4 is 5.97 Å². The Morgan fingerprint density at radius 1 is 1.73 bits per heavy atom. The molecule has 0 amide bonds. The molecule has 0 saturated heterocycles. The maximum Gasteiger partial charge on any atom is 0.305 e. The van der Waals surface area contributed by atoms with E-state index in [1.807, 2.05) is 6.08 Å². The fraction of sp³-hybridized carbons (Fsp3) is 0.625. The van der Waals surface area contributed by atoms with Crippen LogP contribution in [0.15, 0.2) is 12.2 Å². The first kappa shape index (κ1) is 10.2. The molecule has 0 aliphatic heterocycles. The molecule has 0 spiro atoms. The Balaban J connectivity index is 3.50. The molecule has 0 aromatic carbocycles. The summed E-state index contributed by atoms with van der Waals surface area (Å²) in [6.07, 6.45) is 5.72. The zero-order valence-corrected chi connectivity index (χ0v) is 6.79. The maximum absolute atomic E-state index is 10.1. The Bertz CT molecular complexity index is 143. The summed E-state index contributed by atoms with van der Waals surface area (Å²) < 4.78 is 0. The van der Waals surface area contributed by atoms with E-state index in [1.54, 1.807) is 6.08 Å². The summed E-state index contributed by atoms with van der Waals surface area (Å²) >= 11 is 0. The van der Waals surface area contributed by atoms with Gasteiger partial charge in [0.25, 0.3) is 0 Å². The van der Waals surface area contributed by atoms with Gasteiger partial charge in [0.15, 0.2) is 0 Å². The summed E-state index contributed by atoms with van der Waals surface area (Å²) in [5, 5.41) is 8.33. The highest BCUT2D eigenvalue weighted by Gasteiger charge is 2.02. The second-order valence-electron chi connectivity index (χ2n) is 2.48. The highest BCUT2D eigenvalue weighted by molar-refractivity contribution is 5.67. The second-order valence-corrected chi connectivity index (χ2v) is 2.48. The first-order chi connectivity index (χ1) is 5.16. The molecule has 0 heterocycles. The van der Waals surface area contributed by atoms with Crippen molar-refractivity contribution in [3.05, 3.63) is 12.2 Å². The SMILES string of the molecule is CCC/C=C/C(N)CC(=O)O. The molecule has 0 fully saturated rings. The van der Waals surface area contributed by atoms with E-state index in [9.17, 15) is 4.79 Å². The Morgan fingerprint density at radius 2 is 2.36 bits per heavy atom. The van der Waals surface area contributed by atoms with Gasteiger partial charge >= 0.3 is 5.97 Å². The topological polar surface area (TPSA) is 63.3 Å². The third kappa shape index (κ3) is 7.06. The summed E-state index contributed by atoms with van der Waals surface area (Å²) in [5.74, 6) is -0.848. The van der Waals surface area contributed by atoms with Crippen molar-refractivity contribution in [1.82, 2.24) is 0 Å². The number of allylic oxidation sites excluding steroid dienone is 1. The van der Waals surface area contributed by atoms with Gasteiger partial charge in [-0.15, -0.1) is 0 Å². The van der Waals surface area contributed by atoms with E-state index < -0.39 is 5.97 Å². The van der Waals surface area contributed by atoms with Gasteiger partial charge in [-0.05, 0) is 6.42 Å². The van der Waals surface area contributed by atoms with Crippen LogP contribution in [-0.4, -0.2) is 17.1 Å². The van der Waals surface area contributed by atoms with E-state index in [4.69, 9.17) is 10.8 Å². The number of carboxylic acids is 1. The zero-order chi connectivity index (χ0) is 8.69. The molecule has 1 unspecified atom stereocenters. The fourth-order valence-corrected chi connectivity index (χ4v) is 0.707. The number of carbonyl (C=O) groups is 1. The van der Waals surface area contributed by atoms with E-state index >= 15 is 0 Å². The van der Waals surface area contributed by atoms with Crippen LogP contribution < -0.4 is 5.73 Å². The Hall–Kier alpha value is -0.830. The van der Waals surface area contributed by atoms with Crippen molar-refractivity contribution in [1.29, 1.82) is 0 Å². The van der Waals surface area contributed by atoms with Crippen molar-refractivity contribution in [2.75, 3.05) is 0 Å². The van der Waals surface area contributed by atoms with Gasteiger partial charge in [0, 0.05) is 6.04 Å². The lowest BCUT2D eigenvalue weighted by atomic mass is 10.2. The van der Waals surface area contributed by atoms with Crippen molar-refractivity contribution in [2.24, 2.45) is 5.73 Å². The minimum Gasteiger partial charge on any atom is -0.481 e. The van der Waals surface area contributed by atoms with Gasteiger partial charge in [0.2, 0.25) is 0 Å². The number of carboxylic acid groups (broad SMARTS) is 1. The molecule has 0 radical (unpaired) electrons. The predicted octanol–water partition coefficient (Wildman–Crippen LogP) is 1.14. The molecule has 64 valence electrons. The molecular weight excluding hydrogens is 142 g/mol. The van der Waals surface area contributed by atoms with Gasteiger partial charge in [0.05, 0.1) is 6.42 Å². The van der Waals surface area contributed by atoms with Gasteiger partial charge in [-0.1, -0.05) is 25.5 Å². The number of rotatable bonds is 5. The highest BCUT2D eigenvalue weighted by atomic mass is 16.4. The number of nitrogens with two attached hydrogens (primary N) is 1. The minimum absolute atomic E-state index is 0.0141. The number of aliphatic carboxylic acids is 1. The van der Waals surface area contributed by atoms with Crippen LogP contribution in [-0.2, 0) is 4.79 Å². The van der Waals surface area contributed by atoms with Gasteiger partial charge in [-0.2, -0.15) is 0 Å². The van der Waals surface area contributed by atoms with Crippen LogP contribution in [0.5, 0.6) is 0 Å². The lowest BCUT2D eigenvalue weighted by molar-refractivity contribution is -0.137. The first-order valence-corrected chi connectivity index (χ1v) is 3.80. The van der Waals surface area contributed by atoms with E-state index in [2.05, 4.69) is 6.92 Å². The van der Waals surface area contributed by atoms with Crippen LogP contribution in [0.4, 0.5) is 0 Å². The molecule has 3 heteroatoms. The molecule has 0 aromatic heterocycles. The Labute approximate surface area is 66.9 Å². The molecule has 0 rings (SSSR count). The van der Waals surface area contributed by atoms with E-state index in [-0.39, 0.29) is 12.5 Å². The molecule has 0 aliphatic rings. The van der Waals surface area contributed by atoms with E-state index in [0.29, 0.717) is 0 Å². The molecule has 3 N–H and O–H groups in total. The van der Waals surface area contributed by atoms with Crippen LogP contribution in [0.25, 0.3) is 0 Å². The molecule has 1 atom stereocenters. The fourth-order valence-electron chi connectivity index (χ4n) is 0.707. The summed E-state index contributed by atoms with van der Waals surface area (Å²) in [6.45, 7) is 2.06. The van der Waals surface area contributed by atoms with Gasteiger partial charge in [-0.25, -0.2) is 0 Å². The predicted molar refractivity (Wildman–Crippen MR) is 44.3 cm³/mol. The average Bonchev–Trinajstić information content (AvgIpc) is 1.86. The molecule has 11 heavy (non-hydrogen) atoms. The van der Waals surface area contributed by atoms with Gasteiger partial charge in [0.1, 0.15) is 0 Å². The molecular formula is C8H15NO2. The van der Waals surface area contributed by atoms with Crippen LogP contribution in [0.2, 0.25) is 0 Å². The summed E-state index contributed by atoms with van der Waals surface area (Å²) in [5.41, 5.74) is 5.45. The molecule has 0 bridgehead atoms. The van der Waals surface area contributed by atoms with Crippen molar-refractivity contribution in [3.63, 3.8) is 0 Å². The lowest BCUT2D eigenvalue weighted by Gasteiger charge is -2.00. The lowest BCUT2D eigenvalue weighted by Crippen LogP contribution is -2.20. The third-order valence-corrected chi connectivity index (χ3v) is 1.25. The van der Waals surface area contributed by atoms with Crippen molar-refractivity contribution in [2.45, 2.75) is 32.2 Å². The number of hydrogen-bond acceptors (Lipinski definition) is 2. The van der Waals surface area contributed by atoms with E-state index in [0.717, 1.165) is 12.8 Å². The summed E-state index contributed by atoms with van der Waals surface area (Å²) in [4.78, 5) is 10.1. The molecule has 0 aromatic rings. The first-order valence-electron chi connectivity index (χ1n) is 3.80. The quantitative estimate of drug-likeness (QED) is 0.588. The van der Waals surface area contributed by atoms with Gasteiger partial charge < -0.3 is 10.8 Å². The summed E-state index contributed by atoms with van der Waals surface area (Å²) in [7, 11) is 0. The highest BCUT2D eigenvalue weighted by Crippen LogP contribution is 1.94. The van der Waals surface area contributed by atoms with Crippen molar-refractivity contribution in [3.8, 4) is 0 Å². The van der Waals surface area contributed by atoms with Crippen LogP contribution >= 0.6 is 0 Å². The average molecular weight is 157 g/mol. The summed E-state index contributed by atoms with van der Waals surface area (Å²) in [6, 6.07) is -0.334. The second kappa shape index (κ2) is 5.92.